The molecule has 12 heteroatoms. The van der Waals surface area contributed by atoms with Crippen molar-refractivity contribution in [2.45, 2.75) is 13.5 Å². The number of thioether (sulfide) groups is 1. The monoisotopic (exact) mass is 498 g/mol. The first-order valence-electron chi connectivity index (χ1n) is 10.2. The van der Waals surface area contributed by atoms with E-state index in [1.54, 1.807) is 24.3 Å². The molecular formula is C22H18N4O6S2. The lowest BCUT2D eigenvalue weighted by atomic mass is 10.1. The van der Waals surface area contributed by atoms with Crippen molar-refractivity contribution >= 4 is 49.0 Å². The Morgan fingerprint density at radius 3 is 2.71 bits per heavy atom. The highest BCUT2D eigenvalue weighted by molar-refractivity contribution is 8.42. The predicted molar refractivity (Wildman–Crippen MR) is 128 cm³/mol. The third kappa shape index (κ3) is 4.17. The number of sulfone groups is 1. The highest BCUT2D eigenvalue weighted by Gasteiger charge is 2.39. The Kier molecular flexibility index (Phi) is 5.62. The summed E-state index contributed by atoms with van der Waals surface area (Å²) in [6.45, 7) is 2.05. The number of hydrogen-bond donors (Lipinski definition) is 1. The maximum atomic E-state index is 12.5. The van der Waals surface area contributed by atoms with Gasteiger partial charge in [-0.05, 0) is 53.2 Å². The average molecular weight is 499 g/mol. The summed E-state index contributed by atoms with van der Waals surface area (Å²) in [4.78, 5) is 16.4. The fourth-order valence-electron chi connectivity index (χ4n) is 3.25. The van der Waals surface area contributed by atoms with E-state index in [9.17, 15) is 13.2 Å². The number of amides is 1. The lowest BCUT2D eigenvalue weighted by molar-refractivity contribution is -0.114. The molecule has 3 aliphatic rings. The van der Waals surface area contributed by atoms with Crippen LogP contribution < -0.4 is 14.2 Å². The van der Waals surface area contributed by atoms with E-state index in [1.165, 1.54) is 13.0 Å². The summed E-state index contributed by atoms with van der Waals surface area (Å²) in [7, 11) is -3.57. The van der Waals surface area contributed by atoms with Crippen LogP contribution in [-0.2, 0) is 21.2 Å². The first-order chi connectivity index (χ1) is 16.3. The first-order valence-corrected chi connectivity index (χ1v) is 12.7. The Balaban J connectivity index is 1.29. The van der Waals surface area contributed by atoms with Crippen LogP contribution in [0.15, 0.2) is 58.1 Å². The van der Waals surface area contributed by atoms with Crippen LogP contribution in [0.3, 0.4) is 0 Å². The summed E-state index contributed by atoms with van der Waals surface area (Å²) in [5.74, 6) is 1.03. The van der Waals surface area contributed by atoms with Crippen molar-refractivity contribution < 1.29 is 27.4 Å². The van der Waals surface area contributed by atoms with Gasteiger partial charge >= 0.3 is 0 Å². The maximum Gasteiger partial charge on any atom is 0.283 e. The molecule has 34 heavy (non-hydrogen) atoms. The number of nitrogens with zero attached hydrogens (tertiary/aromatic N) is 3. The molecule has 0 radical (unpaired) electrons. The van der Waals surface area contributed by atoms with E-state index in [-0.39, 0.29) is 33.5 Å². The molecule has 0 spiro atoms. The van der Waals surface area contributed by atoms with Crippen LogP contribution in [0.25, 0.3) is 6.08 Å². The van der Waals surface area contributed by atoms with E-state index in [1.807, 2.05) is 18.2 Å². The van der Waals surface area contributed by atoms with E-state index >= 15 is 0 Å². The molecule has 174 valence electrons. The Morgan fingerprint density at radius 2 is 1.94 bits per heavy atom. The van der Waals surface area contributed by atoms with Gasteiger partial charge in [-0.1, -0.05) is 25.1 Å². The Labute approximate surface area is 199 Å². The number of ether oxygens (including phenoxy) is 3. The van der Waals surface area contributed by atoms with E-state index in [0.717, 1.165) is 22.3 Å². The summed E-state index contributed by atoms with van der Waals surface area (Å²) in [6.07, 6.45) is 1.51. The normalized spacial score (nSPS) is 18.1. The van der Waals surface area contributed by atoms with Crippen molar-refractivity contribution in [2.24, 2.45) is 10.1 Å². The molecule has 0 saturated carbocycles. The average Bonchev–Trinajstić information content (AvgIpc) is 3.48. The summed E-state index contributed by atoms with van der Waals surface area (Å²) in [6, 6.07) is 12.6. The number of benzene rings is 2. The first kappa shape index (κ1) is 22.2. The standard InChI is InChI=1S/C22H18N4O6S2/c1-2-34(28,29)22-25-26-19(23)16(20(27)24-21(26)33-22)9-13-3-6-15(7-4-13)30-11-14-5-8-17-18(10-14)32-12-31-17/h3-10,23H,2,11-12H2,1H3/b16-9-,23-19?. The van der Waals surface area contributed by atoms with E-state index < -0.39 is 15.7 Å². The second-order valence-corrected chi connectivity index (χ2v) is 10.7. The highest BCUT2D eigenvalue weighted by Crippen LogP contribution is 2.33. The molecule has 2 aromatic rings. The van der Waals surface area contributed by atoms with Crippen molar-refractivity contribution in [3.8, 4) is 17.2 Å². The van der Waals surface area contributed by atoms with Crippen molar-refractivity contribution in [1.29, 1.82) is 5.41 Å². The quantitative estimate of drug-likeness (QED) is 0.623. The third-order valence-corrected chi connectivity index (χ3v) is 8.20. The molecule has 3 heterocycles. The number of amidine groups is 2. The van der Waals surface area contributed by atoms with Gasteiger partial charge in [-0.3, -0.25) is 10.2 Å². The SMILES string of the molecule is CCS(=O)(=O)C1=NN2C(=N)/C(=C/c3ccc(OCc4ccc5c(c4)OCO5)cc3)C(=O)N=C2S1. The molecule has 10 nitrogen and oxygen atoms in total. The maximum absolute atomic E-state index is 12.5. The van der Waals surface area contributed by atoms with Gasteiger partial charge in [-0.25, -0.2) is 8.42 Å². The van der Waals surface area contributed by atoms with Crippen molar-refractivity contribution in [3.63, 3.8) is 0 Å². The number of carbonyl (C=O) groups excluding carboxylic acids is 1. The van der Waals surface area contributed by atoms with Crippen LogP contribution in [-0.4, -0.2) is 47.3 Å². The molecular weight excluding hydrogens is 480 g/mol. The number of nitrogens with one attached hydrogen (secondary N) is 1. The molecule has 0 fully saturated rings. The van der Waals surface area contributed by atoms with Crippen molar-refractivity contribution in [3.05, 3.63) is 59.2 Å². The fourth-order valence-corrected chi connectivity index (χ4v) is 5.41. The number of carbonyl (C=O) groups is 1. The molecule has 1 amide bonds. The Bertz CT molecular complexity index is 1400. The topological polar surface area (TPSA) is 131 Å². The lowest BCUT2D eigenvalue weighted by Crippen LogP contribution is -2.35. The van der Waals surface area contributed by atoms with Gasteiger partial charge in [0.25, 0.3) is 5.91 Å². The van der Waals surface area contributed by atoms with E-state index in [0.29, 0.717) is 29.4 Å². The highest BCUT2D eigenvalue weighted by atomic mass is 32.3. The zero-order valence-electron chi connectivity index (χ0n) is 17.8. The largest absolute Gasteiger partial charge is 0.489 e. The zero-order valence-corrected chi connectivity index (χ0v) is 19.5. The number of aliphatic imine (C=N–C) groups is 1. The molecule has 0 atom stereocenters. The van der Waals surface area contributed by atoms with E-state index in [2.05, 4.69) is 10.1 Å². The molecule has 3 aliphatic heterocycles. The summed E-state index contributed by atoms with van der Waals surface area (Å²) in [5.41, 5.74) is 1.59. The summed E-state index contributed by atoms with van der Waals surface area (Å²) in [5, 5.41) is 13.5. The Morgan fingerprint density at radius 1 is 1.18 bits per heavy atom. The number of fused-ring (bicyclic) bond motifs is 2. The molecule has 5 rings (SSSR count). The molecule has 0 bridgehead atoms. The van der Waals surface area contributed by atoms with Gasteiger partial charge in [-0.2, -0.15) is 10.0 Å². The lowest BCUT2D eigenvalue weighted by Gasteiger charge is -2.20. The number of hydrogen-bond acceptors (Lipinski definition) is 9. The van der Waals surface area contributed by atoms with Gasteiger partial charge in [0.15, 0.2) is 17.3 Å². The number of hydrazone groups is 1. The predicted octanol–water partition coefficient (Wildman–Crippen LogP) is 3.01. The minimum atomic E-state index is -3.57. The van der Waals surface area contributed by atoms with Crippen LogP contribution >= 0.6 is 11.8 Å². The van der Waals surface area contributed by atoms with Crippen LogP contribution in [0.5, 0.6) is 17.2 Å². The molecule has 1 N–H and O–H groups in total. The smallest absolute Gasteiger partial charge is 0.283 e. The molecule has 0 unspecified atom stereocenters. The van der Waals surface area contributed by atoms with Crippen LogP contribution in [0.1, 0.15) is 18.1 Å². The summed E-state index contributed by atoms with van der Waals surface area (Å²) < 4.78 is 40.5. The Hall–Kier alpha value is -3.64. The van der Waals surface area contributed by atoms with Gasteiger partial charge in [0.1, 0.15) is 12.4 Å². The van der Waals surface area contributed by atoms with Gasteiger partial charge in [0.2, 0.25) is 26.2 Å². The second-order valence-electron chi connectivity index (χ2n) is 7.33. The fraction of sp³-hybridized carbons (Fsp3) is 0.182. The molecule has 2 aromatic carbocycles. The van der Waals surface area contributed by atoms with Gasteiger partial charge in [-0.15, -0.1) is 5.10 Å². The van der Waals surface area contributed by atoms with Crippen LogP contribution in [0, 0.1) is 5.41 Å². The number of rotatable bonds is 5. The minimum absolute atomic E-state index is 0.0114. The minimum Gasteiger partial charge on any atom is -0.489 e. The molecule has 0 aliphatic carbocycles. The molecule has 0 saturated heterocycles. The van der Waals surface area contributed by atoms with E-state index in [4.69, 9.17) is 19.6 Å². The van der Waals surface area contributed by atoms with Crippen molar-refractivity contribution in [2.75, 3.05) is 12.5 Å². The van der Waals surface area contributed by atoms with Gasteiger partial charge in [0.05, 0.1) is 11.3 Å². The second kappa shape index (κ2) is 8.61. The van der Waals surface area contributed by atoms with Gasteiger partial charge in [0, 0.05) is 0 Å². The third-order valence-electron chi connectivity index (χ3n) is 5.12. The molecule has 0 aromatic heterocycles. The van der Waals surface area contributed by atoms with Crippen molar-refractivity contribution in [1.82, 2.24) is 5.01 Å². The summed E-state index contributed by atoms with van der Waals surface area (Å²) >= 11 is 0.772. The van der Waals surface area contributed by atoms with Crippen LogP contribution in [0.4, 0.5) is 0 Å². The van der Waals surface area contributed by atoms with Gasteiger partial charge < -0.3 is 14.2 Å². The van der Waals surface area contributed by atoms with Crippen LogP contribution in [0.2, 0.25) is 0 Å². The zero-order chi connectivity index (χ0) is 23.9.